The van der Waals surface area contributed by atoms with Crippen LogP contribution in [-0.4, -0.2) is 38.1 Å². The molecule has 0 saturated carbocycles. The fraction of sp³-hybridized carbons (Fsp3) is 0.200. The highest BCUT2D eigenvalue weighted by atomic mass is 16.5. The average Bonchev–Trinajstić information content (AvgIpc) is 3.41. The molecule has 1 aromatic carbocycles. The fourth-order valence-corrected chi connectivity index (χ4v) is 2.79. The molecule has 3 heterocycles. The molecule has 0 unspecified atom stereocenters. The van der Waals surface area contributed by atoms with Crippen molar-refractivity contribution in [2.45, 2.75) is 19.5 Å². The first-order chi connectivity index (χ1) is 13.7. The maximum atomic E-state index is 5.39. The zero-order chi connectivity index (χ0) is 19.3. The first kappa shape index (κ1) is 17.7. The molecule has 0 saturated heterocycles. The van der Waals surface area contributed by atoms with Crippen LogP contribution in [0, 0.1) is 0 Å². The molecule has 1 atom stereocenters. The lowest BCUT2D eigenvalue weighted by Crippen LogP contribution is -2.22. The summed E-state index contributed by atoms with van der Waals surface area (Å²) in [4.78, 5) is 8.90. The number of benzene rings is 1. The van der Waals surface area contributed by atoms with Gasteiger partial charge in [0, 0.05) is 30.2 Å². The molecule has 8 nitrogen and oxygen atoms in total. The summed E-state index contributed by atoms with van der Waals surface area (Å²) in [5.41, 5.74) is 1.62. The number of anilines is 1. The molecule has 4 aromatic rings. The molecule has 0 radical (unpaired) electrons. The minimum Gasteiger partial charge on any atom is -0.497 e. The van der Waals surface area contributed by atoms with Gasteiger partial charge in [-0.25, -0.2) is 4.98 Å². The van der Waals surface area contributed by atoms with Gasteiger partial charge in [-0.2, -0.15) is 10.1 Å². The van der Waals surface area contributed by atoms with Gasteiger partial charge in [-0.3, -0.25) is 4.68 Å². The van der Waals surface area contributed by atoms with Crippen molar-refractivity contribution in [1.29, 1.82) is 0 Å². The quantitative estimate of drug-likeness (QED) is 0.528. The second-order valence-electron chi connectivity index (χ2n) is 6.36. The average molecular weight is 376 g/mol. The van der Waals surface area contributed by atoms with Gasteiger partial charge in [0.2, 0.25) is 5.82 Å². The van der Waals surface area contributed by atoms with Gasteiger partial charge in [0.1, 0.15) is 11.6 Å². The standard InChI is InChI=1S/C20H20N6O2/c1-14(13-26-11-3-10-22-26)23-18-9-6-16(12-21-18)20-24-19(25-28-20)15-4-7-17(27-2)8-5-15/h3-12,14H,13H2,1-2H3,(H,21,23)/t14-/m0/s1. The number of hydrogen-bond donors (Lipinski definition) is 1. The van der Waals surface area contributed by atoms with Crippen LogP contribution in [0.3, 0.4) is 0 Å². The summed E-state index contributed by atoms with van der Waals surface area (Å²) in [6.07, 6.45) is 5.42. The first-order valence-corrected chi connectivity index (χ1v) is 8.90. The molecule has 0 aliphatic rings. The van der Waals surface area contributed by atoms with Crippen LogP contribution in [0.15, 0.2) is 65.6 Å². The monoisotopic (exact) mass is 376 g/mol. The minimum atomic E-state index is 0.184. The summed E-state index contributed by atoms with van der Waals surface area (Å²) in [6, 6.07) is 13.4. The predicted molar refractivity (Wildman–Crippen MR) is 105 cm³/mol. The topological polar surface area (TPSA) is 90.9 Å². The molecule has 8 heteroatoms. The Morgan fingerprint density at radius 1 is 1.14 bits per heavy atom. The van der Waals surface area contributed by atoms with Crippen LogP contribution in [0.1, 0.15) is 6.92 Å². The Morgan fingerprint density at radius 2 is 1.96 bits per heavy atom. The third-order valence-corrected chi connectivity index (χ3v) is 4.20. The molecule has 0 bridgehead atoms. The van der Waals surface area contributed by atoms with Crippen molar-refractivity contribution in [2.75, 3.05) is 12.4 Å². The zero-order valence-corrected chi connectivity index (χ0v) is 15.6. The second-order valence-corrected chi connectivity index (χ2v) is 6.36. The summed E-state index contributed by atoms with van der Waals surface area (Å²) in [6.45, 7) is 2.84. The van der Waals surface area contributed by atoms with Crippen LogP contribution in [0.25, 0.3) is 22.8 Å². The second kappa shape index (κ2) is 7.91. The lowest BCUT2D eigenvalue weighted by atomic mass is 10.2. The predicted octanol–water partition coefficient (Wildman–Crippen LogP) is 3.50. The number of aromatic nitrogens is 5. The van der Waals surface area contributed by atoms with Gasteiger partial charge in [0.15, 0.2) is 0 Å². The maximum absolute atomic E-state index is 5.39. The van der Waals surface area contributed by atoms with Crippen molar-refractivity contribution >= 4 is 5.82 Å². The number of ether oxygens (including phenoxy) is 1. The van der Waals surface area contributed by atoms with E-state index in [0.717, 1.165) is 29.2 Å². The van der Waals surface area contributed by atoms with Crippen molar-refractivity contribution in [2.24, 2.45) is 0 Å². The van der Waals surface area contributed by atoms with E-state index in [0.29, 0.717) is 11.7 Å². The van der Waals surface area contributed by atoms with Gasteiger partial charge in [-0.1, -0.05) is 5.16 Å². The number of rotatable bonds is 7. The Kier molecular flexibility index (Phi) is 5.01. The Balaban J connectivity index is 1.43. The van der Waals surface area contributed by atoms with E-state index in [1.54, 1.807) is 19.5 Å². The lowest BCUT2D eigenvalue weighted by molar-refractivity contribution is 0.415. The lowest BCUT2D eigenvalue weighted by Gasteiger charge is -2.14. The van der Waals surface area contributed by atoms with E-state index in [1.807, 2.05) is 53.3 Å². The van der Waals surface area contributed by atoms with E-state index in [9.17, 15) is 0 Å². The largest absolute Gasteiger partial charge is 0.497 e. The Labute approximate surface area is 162 Å². The zero-order valence-electron chi connectivity index (χ0n) is 15.6. The molecule has 28 heavy (non-hydrogen) atoms. The maximum Gasteiger partial charge on any atom is 0.259 e. The number of hydrogen-bond acceptors (Lipinski definition) is 7. The van der Waals surface area contributed by atoms with Gasteiger partial charge >= 0.3 is 0 Å². The van der Waals surface area contributed by atoms with E-state index in [4.69, 9.17) is 9.26 Å². The van der Waals surface area contributed by atoms with Crippen LogP contribution in [0.4, 0.5) is 5.82 Å². The number of methoxy groups -OCH3 is 1. The molecule has 3 aromatic heterocycles. The highest BCUT2D eigenvalue weighted by molar-refractivity contribution is 5.60. The smallest absolute Gasteiger partial charge is 0.259 e. The van der Waals surface area contributed by atoms with Crippen LogP contribution in [0.2, 0.25) is 0 Å². The van der Waals surface area contributed by atoms with Gasteiger partial charge in [0.25, 0.3) is 5.89 Å². The highest BCUT2D eigenvalue weighted by Crippen LogP contribution is 2.24. The van der Waals surface area contributed by atoms with Gasteiger partial charge in [0.05, 0.1) is 19.2 Å². The number of nitrogens with zero attached hydrogens (tertiary/aromatic N) is 5. The first-order valence-electron chi connectivity index (χ1n) is 8.90. The van der Waals surface area contributed by atoms with Crippen molar-refractivity contribution in [3.8, 4) is 28.6 Å². The number of nitrogens with one attached hydrogen (secondary N) is 1. The van der Waals surface area contributed by atoms with Crippen molar-refractivity contribution in [1.82, 2.24) is 24.9 Å². The summed E-state index contributed by atoms with van der Waals surface area (Å²) in [5.74, 6) is 2.50. The summed E-state index contributed by atoms with van der Waals surface area (Å²) < 4.78 is 12.4. The molecular formula is C20H20N6O2. The van der Waals surface area contributed by atoms with Crippen molar-refractivity contribution in [3.05, 3.63) is 61.1 Å². The van der Waals surface area contributed by atoms with Crippen LogP contribution in [-0.2, 0) is 6.54 Å². The van der Waals surface area contributed by atoms with E-state index in [2.05, 4.69) is 32.5 Å². The molecular weight excluding hydrogens is 356 g/mol. The summed E-state index contributed by atoms with van der Waals surface area (Å²) in [5, 5.41) is 11.6. The van der Waals surface area contributed by atoms with Gasteiger partial charge < -0.3 is 14.6 Å². The van der Waals surface area contributed by atoms with Crippen LogP contribution >= 0.6 is 0 Å². The van der Waals surface area contributed by atoms with Crippen LogP contribution < -0.4 is 10.1 Å². The summed E-state index contributed by atoms with van der Waals surface area (Å²) in [7, 11) is 1.63. The Morgan fingerprint density at radius 3 is 2.64 bits per heavy atom. The molecule has 0 aliphatic carbocycles. The molecule has 0 fully saturated rings. The SMILES string of the molecule is COc1ccc(-c2noc(-c3ccc(N[C@@H](C)Cn4cccn4)nc3)n2)cc1. The molecule has 0 spiro atoms. The van der Waals surface area contributed by atoms with Crippen molar-refractivity contribution in [3.63, 3.8) is 0 Å². The van der Waals surface area contributed by atoms with Gasteiger partial charge in [-0.05, 0) is 49.4 Å². The van der Waals surface area contributed by atoms with E-state index < -0.39 is 0 Å². The Bertz CT molecular complexity index is 1010. The molecule has 142 valence electrons. The summed E-state index contributed by atoms with van der Waals surface area (Å²) >= 11 is 0. The number of pyridine rings is 1. The molecule has 0 aliphatic heterocycles. The minimum absolute atomic E-state index is 0.184. The van der Waals surface area contributed by atoms with E-state index >= 15 is 0 Å². The third-order valence-electron chi connectivity index (χ3n) is 4.20. The van der Waals surface area contributed by atoms with E-state index in [1.165, 1.54) is 0 Å². The normalized spacial score (nSPS) is 11.9. The van der Waals surface area contributed by atoms with Crippen molar-refractivity contribution < 1.29 is 9.26 Å². The molecule has 1 N–H and O–H groups in total. The van der Waals surface area contributed by atoms with Crippen LogP contribution in [0.5, 0.6) is 5.75 Å². The van der Waals surface area contributed by atoms with E-state index in [-0.39, 0.29) is 6.04 Å². The highest BCUT2D eigenvalue weighted by Gasteiger charge is 2.12. The Hall–Kier alpha value is -3.68. The molecule has 0 amide bonds. The fourth-order valence-electron chi connectivity index (χ4n) is 2.79. The van der Waals surface area contributed by atoms with Gasteiger partial charge in [-0.15, -0.1) is 0 Å². The molecule has 4 rings (SSSR count). The third kappa shape index (κ3) is 4.01.